The van der Waals surface area contributed by atoms with Gasteiger partial charge in [-0.15, -0.1) is 0 Å². The van der Waals surface area contributed by atoms with Gasteiger partial charge in [0.2, 0.25) is 0 Å². The molecule has 0 fully saturated rings. The molecule has 0 saturated carbocycles. The summed E-state index contributed by atoms with van der Waals surface area (Å²) in [6.45, 7) is 5.33. The van der Waals surface area contributed by atoms with Crippen LogP contribution in [0.3, 0.4) is 0 Å². The van der Waals surface area contributed by atoms with Gasteiger partial charge < -0.3 is 0 Å². The minimum absolute atomic E-state index is 0.0136. The second-order valence-corrected chi connectivity index (χ2v) is 4.33. The van der Waals surface area contributed by atoms with Crippen molar-refractivity contribution in [3.63, 3.8) is 0 Å². The molecule has 2 aromatic carbocycles. The van der Waals surface area contributed by atoms with Crippen LogP contribution in [0.1, 0.15) is 6.92 Å². The van der Waals surface area contributed by atoms with Crippen molar-refractivity contribution in [2.45, 2.75) is 6.92 Å². The number of hydrogen-bond donors (Lipinski definition) is 0. The summed E-state index contributed by atoms with van der Waals surface area (Å²) in [7, 11) is 0. The van der Waals surface area contributed by atoms with Crippen LogP contribution in [0.2, 0.25) is 0 Å². The predicted molar refractivity (Wildman–Crippen MR) is 76.7 cm³/mol. The number of benzene rings is 2. The Hall–Kier alpha value is -2.60. The summed E-state index contributed by atoms with van der Waals surface area (Å²) in [5.74, 6) is -0.224. The molecule has 19 heavy (non-hydrogen) atoms. The first kappa shape index (κ1) is 12.8. The van der Waals surface area contributed by atoms with E-state index in [1.54, 1.807) is 6.92 Å². The number of hydrogen-bond acceptors (Lipinski definition) is 2. The molecule has 0 unspecified atom stereocenters. The van der Waals surface area contributed by atoms with Gasteiger partial charge in [-0.3, -0.25) is 9.69 Å². The van der Waals surface area contributed by atoms with Crippen molar-refractivity contribution >= 4 is 22.4 Å². The van der Waals surface area contributed by atoms with Crippen molar-refractivity contribution in [3.05, 3.63) is 54.6 Å². The number of nitriles is 1. The van der Waals surface area contributed by atoms with E-state index < -0.39 is 0 Å². The molecule has 0 N–H and O–H groups in total. The van der Waals surface area contributed by atoms with Crippen molar-refractivity contribution in [2.75, 3.05) is 11.4 Å². The number of carbonyl (C=O) groups excluding carboxylic acids is 1. The smallest absolute Gasteiger partial charge is 0.254 e. The van der Waals surface area contributed by atoms with E-state index in [1.807, 2.05) is 48.5 Å². The summed E-state index contributed by atoms with van der Waals surface area (Å²) in [5.41, 5.74) is 1.16. The van der Waals surface area contributed by atoms with Crippen molar-refractivity contribution < 1.29 is 4.79 Å². The van der Waals surface area contributed by atoms with Crippen molar-refractivity contribution in [1.82, 2.24) is 0 Å². The third-order valence-corrected chi connectivity index (χ3v) is 2.90. The van der Waals surface area contributed by atoms with Crippen LogP contribution in [0.15, 0.2) is 54.6 Å². The summed E-state index contributed by atoms with van der Waals surface area (Å²) in [6.07, 6.45) is 0. The van der Waals surface area contributed by atoms with Gasteiger partial charge in [-0.1, -0.05) is 43.0 Å². The lowest BCUT2D eigenvalue weighted by Gasteiger charge is -2.21. The third kappa shape index (κ3) is 2.48. The van der Waals surface area contributed by atoms with Gasteiger partial charge >= 0.3 is 0 Å². The lowest BCUT2D eigenvalue weighted by Crippen LogP contribution is -2.31. The zero-order valence-corrected chi connectivity index (χ0v) is 10.8. The molecule has 94 valence electrons. The van der Waals surface area contributed by atoms with Gasteiger partial charge in [0, 0.05) is 11.0 Å². The molecule has 1 amide bonds. The average molecular weight is 250 g/mol. The van der Waals surface area contributed by atoms with Crippen molar-refractivity contribution in [2.24, 2.45) is 0 Å². The van der Waals surface area contributed by atoms with Gasteiger partial charge in [0.05, 0.1) is 11.8 Å². The zero-order valence-electron chi connectivity index (χ0n) is 10.8. The fourth-order valence-corrected chi connectivity index (χ4v) is 2.01. The first-order valence-electron chi connectivity index (χ1n) is 5.97. The van der Waals surface area contributed by atoms with Crippen LogP contribution >= 0.6 is 0 Å². The molecule has 0 saturated heterocycles. The van der Waals surface area contributed by atoms with Crippen LogP contribution in [-0.2, 0) is 4.79 Å². The topological polar surface area (TPSA) is 44.1 Å². The van der Waals surface area contributed by atoms with Gasteiger partial charge in [0.15, 0.2) is 0 Å². The number of carbonyl (C=O) groups is 1. The molecule has 3 heteroatoms. The third-order valence-electron chi connectivity index (χ3n) is 2.90. The highest BCUT2D eigenvalue weighted by Crippen LogP contribution is 2.27. The molecule has 0 aliphatic heterocycles. The largest absolute Gasteiger partial charge is 0.294 e. The highest BCUT2D eigenvalue weighted by molar-refractivity contribution is 6.10. The summed E-state index contributed by atoms with van der Waals surface area (Å²) < 4.78 is 0. The Labute approximate surface area is 112 Å². The van der Waals surface area contributed by atoms with E-state index in [1.165, 1.54) is 4.90 Å². The maximum Gasteiger partial charge on any atom is 0.254 e. The first-order chi connectivity index (χ1) is 9.15. The Bertz CT molecular complexity index is 677. The van der Waals surface area contributed by atoms with Crippen LogP contribution < -0.4 is 4.90 Å². The van der Waals surface area contributed by atoms with Crippen molar-refractivity contribution in [3.8, 4) is 6.07 Å². The fraction of sp³-hybridized carbons (Fsp3) is 0.125. The maximum atomic E-state index is 12.2. The number of rotatable bonds is 3. The van der Waals surface area contributed by atoms with E-state index in [2.05, 4.69) is 6.58 Å². The summed E-state index contributed by atoms with van der Waals surface area (Å²) in [6, 6.07) is 15.5. The molecule has 0 atom stereocenters. The maximum absolute atomic E-state index is 12.2. The standard InChI is InChI=1S/C16H14N2O/c1-12(2)16(19)18(11-10-17)15-9-5-7-13-6-3-4-8-14(13)15/h3-9H,1,11H2,2H3. The monoisotopic (exact) mass is 250 g/mol. The number of anilines is 1. The van der Waals surface area contributed by atoms with E-state index in [9.17, 15) is 4.79 Å². The van der Waals surface area contributed by atoms with Crippen LogP contribution in [-0.4, -0.2) is 12.5 Å². The minimum atomic E-state index is -0.224. The SMILES string of the molecule is C=C(C)C(=O)N(CC#N)c1cccc2ccccc12. The molecular formula is C16H14N2O. The Morgan fingerprint density at radius 2 is 1.95 bits per heavy atom. The highest BCUT2D eigenvalue weighted by Gasteiger charge is 2.17. The lowest BCUT2D eigenvalue weighted by molar-refractivity contribution is -0.114. The molecule has 3 nitrogen and oxygen atoms in total. The van der Waals surface area contributed by atoms with E-state index in [-0.39, 0.29) is 12.5 Å². The second-order valence-electron chi connectivity index (χ2n) is 4.33. The second kappa shape index (κ2) is 5.36. The molecule has 0 aliphatic rings. The normalized spacial score (nSPS) is 9.89. The summed E-state index contributed by atoms with van der Waals surface area (Å²) in [4.78, 5) is 13.6. The Kier molecular flexibility index (Phi) is 3.63. The van der Waals surface area contributed by atoms with Crippen LogP contribution in [0, 0.1) is 11.3 Å². The zero-order chi connectivity index (χ0) is 13.8. The average Bonchev–Trinajstić information content (AvgIpc) is 2.43. The van der Waals surface area contributed by atoms with Gasteiger partial charge in [-0.25, -0.2) is 0 Å². The Morgan fingerprint density at radius 3 is 2.63 bits per heavy atom. The quantitative estimate of drug-likeness (QED) is 0.620. The van der Waals surface area contributed by atoms with Crippen LogP contribution in [0.25, 0.3) is 10.8 Å². The number of fused-ring (bicyclic) bond motifs is 1. The molecule has 0 radical (unpaired) electrons. The first-order valence-corrected chi connectivity index (χ1v) is 5.97. The Morgan fingerprint density at radius 1 is 1.26 bits per heavy atom. The molecule has 2 rings (SSSR count). The number of nitrogens with zero attached hydrogens (tertiary/aromatic N) is 2. The van der Waals surface area contributed by atoms with Gasteiger partial charge in [-0.2, -0.15) is 5.26 Å². The number of amides is 1. The van der Waals surface area contributed by atoms with Gasteiger partial charge in [-0.05, 0) is 18.4 Å². The highest BCUT2D eigenvalue weighted by atomic mass is 16.2. The molecule has 0 aliphatic carbocycles. The molecule has 0 bridgehead atoms. The van der Waals surface area contributed by atoms with Gasteiger partial charge in [0.1, 0.15) is 6.54 Å². The van der Waals surface area contributed by atoms with E-state index >= 15 is 0 Å². The van der Waals surface area contributed by atoms with E-state index in [0.29, 0.717) is 5.57 Å². The molecule has 0 aromatic heterocycles. The lowest BCUT2D eigenvalue weighted by atomic mass is 10.1. The summed E-state index contributed by atoms with van der Waals surface area (Å²) in [5, 5.41) is 10.9. The minimum Gasteiger partial charge on any atom is -0.294 e. The van der Waals surface area contributed by atoms with Gasteiger partial charge in [0.25, 0.3) is 5.91 Å². The predicted octanol–water partition coefficient (Wildman–Crippen LogP) is 3.27. The molecule has 0 spiro atoms. The van der Waals surface area contributed by atoms with Crippen molar-refractivity contribution in [1.29, 1.82) is 5.26 Å². The molecular weight excluding hydrogens is 236 g/mol. The molecule has 0 heterocycles. The van der Waals surface area contributed by atoms with E-state index in [4.69, 9.17) is 5.26 Å². The van der Waals surface area contributed by atoms with E-state index in [0.717, 1.165) is 16.5 Å². The Balaban J connectivity index is 2.60. The summed E-state index contributed by atoms with van der Waals surface area (Å²) >= 11 is 0. The van der Waals surface area contributed by atoms with Crippen LogP contribution in [0.5, 0.6) is 0 Å². The fourth-order valence-electron chi connectivity index (χ4n) is 2.01. The molecule has 2 aromatic rings. The van der Waals surface area contributed by atoms with Crippen LogP contribution in [0.4, 0.5) is 5.69 Å².